The van der Waals surface area contributed by atoms with E-state index >= 15 is 0 Å². The Kier molecular flexibility index (Phi) is 5.07. The minimum Gasteiger partial charge on any atom is -0.299 e. The third kappa shape index (κ3) is 5.02. The quantitative estimate of drug-likeness (QED) is 0.686. The van der Waals surface area contributed by atoms with Gasteiger partial charge in [-0.15, -0.1) is 0 Å². The van der Waals surface area contributed by atoms with E-state index in [2.05, 4.69) is 65.6 Å². The summed E-state index contributed by atoms with van der Waals surface area (Å²) in [4.78, 5) is 2.65. The van der Waals surface area contributed by atoms with Crippen LogP contribution in [-0.2, 0) is 13.0 Å². The Morgan fingerprint density at radius 2 is 1.43 bits per heavy atom. The molecule has 1 aliphatic carbocycles. The molecule has 0 saturated heterocycles. The molecule has 1 saturated carbocycles. The number of hydrogen-bond donors (Lipinski definition) is 0. The zero-order chi connectivity index (χ0) is 14.3. The van der Waals surface area contributed by atoms with Crippen molar-refractivity contribution in [3.8, 4) is 0 Å². The van der Waals surface area contributed by atoms with Crippen molar-refractivity contribution >= 4 is 0 Å². The van der Waals surface area contributed by atoms with Gasteiger partial charge in [0.15, 0.2) is 0 Å². The maximum absolute atomic E-state index is 2.65. The molecule has 0 heterocycles. The predicted molar refractivity (Wildman–Crippen MR) is 89.2 cm³/mol. The second-order valence-corrected chi connectivity index (χ2v) is 6.25. The van der Waals surface area contributed by atoms with Gasteiger partial charge in [0.05, 0.1) is 0 Å². The summed E-state index contributed by atoms with van der Waals surface area (Å²) in [6.45, 7) is 3.59. The maximum atomic E-state index is 2.65. The average molecular weight is 279 g/mol. The van der Waals surface area contributed by atoms with Gasteiger partial charge >= 0.3 is 0 Å². The fourth-order valence-electron chi connectivity index (χ4n) is 2.89. The SMILES string of the molecule is c1ccc(CCCN(Cc2ccccc2)CC2CC2)cc1. The molecule has 110 valence electrons. The summed E-state index contributed by atoms with van der Waals surface area (Å²) < 4.78 is 0. The van der Waals surface area contributed by atoms with Gasteiger partial charge < -0.3 is 0 Å². The van der Waals surface area contributed by atoms with Crippen molar-refractivity contribution in [2.45, 2.75) is 32.2 Å². The van der Waals surface area contributed by atoms with Gasteiger partial charge in [-0.25, -0.2) is 0 Å². The molecule has 1 aliphatic rings. The van der Waals surface area contributed by atoms with E-state index in [0.29, 0.717) is 0 Å². The molecule has 2 aromatic carbocycles. The molecule has 0 aromatic heterocycles. The summed E-state index contributed by atoms with van der Waals surface area (Å²) >= 11 is 0. The highest BCUT2D eigenvalue weighted by atomic mass is 15.1. The Balaban J connectivity index is 1.50. The normalized spacial score (nSPS) is 14.5. The monoisotopic (exact) mass is 279 g/mol. The summed E-state index contributed by atoms with van der Waals surface area (Å²) in [5.74, 6) is 0.963. The summed E-state index contributed by atoms with van der Waals surface area (Å²) in [5, 5.41) is 0. The maximum Gasteiger partial charge on any atom is 0.0233 e. The lowest BCUT2D eigenvalue weighted by molar-refractivity contribution is 0.251. The van der Waals surface area contributed by atoms with Crippen LogP contribution >= 0.6 is 0 Å². The molecule has 1 fully saturated rings. The van der Waals surface area contributed by atoms with Crippen LogP contribution in [0.5, 0.6) is 0 Å². The predicted octanol–water partition coefficient (Wildman–Crippen LogP) is 4.53. The molecule has 0 amide bonds. The molecule has 0 radical (unpaired) electrons. The van der Waals surface area contributed by atoms with Crippen LogP contribution in [0, 0.1) is 5.92 Å². The van der Waals surface area contributed by atoms with Crippen molar-refractivity contribution in [2.24, 2.45) is 5.92 Å². The van der Waals surface area contributed by atoms with Crippen LogP contribution in [0.4, 0.5) is 0 Å². The highest BCUT2D eigenvalue weighted by Gasteiger charge is 2.24. The van der Waals surface area contributed by atoms with E-state index < -0.39 is 0 Å². The molecule has 0 aliphatic heterocycles. The van der Waals surface area contributed by atoms with Gasteiger partial charge in [0.25, 0.3) is 0 Å². The zero-order valence-electron chi connectivity index (χ0n) is 12.7. The number of nitrogens with zero attached hydrogens (tertiary/aromatic N) is 1. The summed E-state index contributed by atoms with van der Waals surface area (Å²) in [7, 11) is 0. The standard InChI is InChI=1S/C20H25N/c1-3-8-18(9-4-1)12-7-15-21(17-20-13-14-20)16-19-10-5-2-6-11-19/h1-6,8-11,20H,7,12-17H2. The van der Waals surface area contributed by atoms with Gasteiger partial charge in [0, 0.05) is 13.1 Å². The molecule has 0 N–H and O–H groups in total. The van der Waals surface area contributed by atoms with Crippen molar-refractivity contribution in [1.82, 2.24) is 4.90 Å². The molecule has 0 spiro atoms. The molecule has 1 nitrogen and oxygen atoms in total. The Labute approximate surface area is 128 Å². The second kappa shape index (κ2) is 7.42. The lowest BCUT2D eigenvalue weighted by Gasteiger charge is -2.22. The molecule has 0 atom stereocenters. The number of hydrogen-bond acceptors (Lipinski definition) is 1. The van der Waals surface area contributed by atoms with Gasteiger partial charge in [0.1, 0.15) is 0 Å². The van der Waals surface area contributed by atoms with Crippen LogP contribution in [0.25, 0.3) is 0 Å². The minimum absolute atomic E-state index is 0.963. The fourth-order valence-corrected chi connectivity index (χ4v) is 2.89. The summed E-state index contributed by atoms with van der Waals surface area (Å²) in [6.07, 6.45) is 5.31. The number of rotatable bonds is 8. The molecule has 3 rings (SSSR count). The molecule has 21 heavy (non-hydrogen) atoms. The largest absolute Gasteiger partial charge is 0.299 e. The van der Waals surface area contributed by atoms with Crippen molar-refractivity contribution < 1.29 is 0 Å². The highest BCUT2D eigenvalue weighted by Crippen LogP contribution is 2.30. The van der Waals surface area contributed by atoms with E-state index in [1.807, 2.05) is 0 Å². The molecular weight excluding hydrogens is 254 g/mol. The molecule has 1 heteroatoms. The van der Waals surface area contributed by atoms with Crippen LogP contribution in [0.1, 0.15) is 30.4 Å². The molecule has 2 aromatic rings. The smallest absolute Gasteiger partial charge is 0.0233 e. The van der Waals surface area contributed by atoms with Crippen LogP contribution in [-0.4, -0.2) is 18.0 Å². The lowest BCUT2D eigenvalue weighted by atomic mass is 10.1. The summed E-state index contributed by atoms with van der Waals surface area (Å²) in [5.41, 5.74) is 2.90. The number of aryl methyl sites for hydroxylation is 1. The number of benzene rings is 2. The average Bonchev–Trinajstić information content (AvgIpc) is 3.33. The van der Waals surface area contributed by atoms with E-state index in [4.69, 9.17) is 0 Å². The Hall–Kier alpha value is -1.60. The molecule has 0 bridgehead atoms. The molecular formula is C20H25N. The van der Waals surface area contributed by atoms with Crippen molar-refractivity contribution in [3.63, 3.8) is 0 Å². The first-order valence-corrected chi connectivity index (χ1v) is 8.20. The van der Waals surface area contributed by atoms with Crippen molar-refractivity contribution in [3.05, 3.63) is 71.8 Å². The van der Waals surface area contributed by atoms with Crippen LogP contribution < -0.4 is 0 Å². The zero-order valence-corrected chi connectivity index (χ0v) is 12.7. The van der Waals surface area contributed by atoms with Crippen molar-refractivity contribution in [2.75, 3.05) is 13.1 Å². The lowest BCUT2D eigenvalue weighted by Crippen LogP contribution is -2.27. The molecule has 0 unspecified atom stereocenters. The van der Waals surface area contributed by atoms with Crippen LogP contribution in [0.3, 0.4) is 0 Å². The van der Waals surface area contributed by atoms with Gasteiger partial charge in [-0.3, -0.25) is 4.90 Å². The first kappa shape index (κ1) is 14.3. The van der Waals surface area contributed by atoms with E-state index in [9.17, 15) is 0 Å². The first-order valence-electron chi connectivity index (χ1n) is 8.20. The third-order valence-electron chi connectivity index (χ3n) is 4.24. The van der Waals surface area contributed by atoms with Gasteiger partial charge in [-0.2, -0.15) is 0 Å². The Morgan fingerprint density at radius 3 is 2.05 bits per heavy atom. The third-order valence-corrected chi connectivity index (χ3v) is 4.24. The Bertz CT molecular complexity index is 516. The highest BCUT2D eigenvalue weighted by molar-refractivity contribution is 5.15. The van der Waals surface area contributed by atoms with E-state index in [-0.39, 0.29) is 0 Å². The second-order valence-electron chi connectivity index (χ2n) is 6.25. The fraction of sp³-hybridized carbons (Fsp3) is 0.400. The van der Waals surface area contributed by atoms with Crippen molar-refractivity contribution in [1.29, 1.82) is 0 Å². The van der Waals surface area contributed by atoms with Gasteiger partial charge in [0.2, 0.25) is 0 Å². The van der Waals surface area contributed by atoms with E-state index in [1.165, 1.54) is 49.9 Å². The summed E-state index contributed by atoms with van der Waals surface area (Å²) in [6, 6.07) is 21.7. The van der Waals surface area contributed by atoms with E-state index in [1.54, 1.807) is 0 Å². The minimum atomic E-state index is 0.963. The van der Waals surface area contributed by atoms with Crippen LogP contribution in [0.2, 0.25) is 0 Å². The Morgan fingerprint density at radius 1 is 0.810 bits per heavy atom. The topological polar surface area (TPSA) is 3.24 Å². The first-order chi connectivity index (χ1) is 10.4. The van der Waals surface area contributed by atoms with Gasteiger partial charge in [-0.05, 0) is 49.3 Å². The van der Waals surface area contributed by atoms with Crippen LogP contribution in [0.15, 0.2) is 60.7 Å². The van der Waals surface area contributed by atoms with Gasteiger partial charge in [-0.1, -0.05) is 60.7 Å². The van der Waals surface area contributed by atoms with E-state index in [0.717, 1.165) is 12.5 Å².